The van der Waals surface area contributed by atoms with Crippen LogP contribution in [-0.4, -0.2) is 7.05 Å². The molecule has 2 rings (SSSR count). The van der Waals surface area contributed by atoms with Crippen molar-refractivity contribution in [2.45, 2.75) is 12.5 Å². The summed E-state index contributed by atoms with van der Waals surface area (Å²) in [5, 5.41) is 3.14. The van der Waals surface area contributed by atoms with Crippen LogP contribution in [0.5, 0.6) is 0 Å². The van der Waals surface area contributed by atoms with E-state index in [4.69, 9.17) is 11.6 Å². The van der Waals surface area contributed by atoms with Crippen molar-refractivity contribution in [3.8, 4) is 0 Å². The van der Waals surface area contributed by atoms with E-state index in [1.54, 1.807) is 31.3 Å². The van der Waals surface area contributed by atoms with Crippen molar-refractivity contribution in [2.75, 3.05) is 7.05 Å². The quantitative estimate of drug-likeness (QED) is 0.819. The summed E-state index contributed by atoms with van der Waals surface area (Å²) in [4.78, 5) is 0. The Morgan fingerprint density at radius 2 is 2.00 bits per heavy atom. The van der Waals surface area contributed by atoms with Crippen LogP contribution < -0.4 is 5.32 Å². The lowest BCUT2D eigenvalue weighted by molar-refractivity contribution is 0.529. The zero-order valence-corrected chi connectivity index (χ0v) is 13.1. The van der Waals surface area contributed by atoms with Gasteiger partial charge in [-0.15, -0.1) is 0 Å². The first-order valence-corrected chi connectivity index (χ1v) is 7.25. The highest BCUT2D eigenvalue weighted by molar-refractivity contribution is 9.10. The van der Waals surface area contributed by atoms with E-state index in [2.05, 4.69) is 21.2 Å². The molecular weight excluding hydrogens is 348 g/mol. The van der Waals surface area contributed by atoms with E-state index in [0.717, 1.165) is 5.56 Å². The number of hydrogen-bond acceptors (Lipinski definition) is 1. The average Bonchev–Trinajstić information content (AvgIpc) is 2.43. The topological polar surface area (TPSA) is 12.0 Å². The van der Waals surface area contributed by atoms with E-state index < -0.39 is 5.82 Å². The van der Waals surface area contributed by atoms with Gasteiger partial charge in [0.25, 0.3) is 0 Å². The molecule has 0 aliphatic rings. The second-order valence-electron chi connectivity index (χ2n) is 4.44. The molecule has 0 fully saturated rings. The van der Waals surface area contributed by atoms with Gasteiger partial charge in [0.2, 0.25) is 0 Å². The van der Waals surface area contributed by atoms with Crippen molar-refractivity contribution in [2.24, 2.45) is 0 Å². The summed E-state index contributed by atoms with van der Waals surface area (Å²) in [5.41, 5.74) is 1.29. The number of benzene rings is 2. The Balaban J connectivity index is 2.28. The van der Waals surface area contributed by atoms with Gasteiger partial charge in [0.1, 0.15) is 11.6 Å². The minimum atomic E-state index is -0.464. The predicted octanol–water partition coefficient (Wildman–Crippen LogP) is 4.88. The van der Waals surface area contributed by atoms with E-state index >= 15 is 0 Å². The maximum Gasteiger partial charge on any atom is 0.142 e. The van der Waals surface area contributed by atoms with Crippen molar-refractivity contribution >= 4 is 27.5 Å². The highest BCUT2D eigenvalue weighted by Crippen LogP contribution is 2.27. The van der Waals surface area contributed by atoms with Gasteiger partial charge in [0.05, 0.1) is 9.50 Å². The van der Waals surface area contributed by atoms with E-state index in [-0.39, 0.29) is 16.9 Å². The van der Waals surface area contributed by atoms with Crippen molar-refractivity contribution in [1.82, 2.24) is 5.32 Å². The molecule has 1 atom stereocenters. The summed E-state index contributed by atoms with van der Waals surface area (Å²) < 4.78 is 28.0. The van der Waals surface area contributed by atoms with Gasteiger partial charge in [-0.2, -0.15) is 0 Å². The van der Waals surface area contributed by atoms with Crippen LogP contribution in [0, 0.1) is 11.6 Å². The maximum absolute atomic E-state index is 14.1. The second-order valence-corrected chi connectivity index (χ2v) is 5.70. The fourth-order valence-electron chi connectivity index (χ4n) is 2.06. The first kappa shape index (κ1) is 15.4. The third-order valence-corrected chi connectivity index (χ3v) is 4.05. The van der Waals surface area contributed by atoms with Gasteiger partial charge in [0.15, 0.2) is 0 Å². The van der Waals surface area contributed by atoms with Crippen LogP contribution in [0.25, 0.3) is 0 Å². The molecule has 0 aliphatic carbocycles. The fourth-order valence-corrected chi connectivity index (χ4v) is 2.56. The first-order chi connectivity index (χ1) is 9.52. The standard InChI is InChI=1S/C15H13BrClF2N/c1-20-14(10-3-2-4-11(16)15(10)19)8-9-5-6-12(17)13(18)7-9/h2-7,14,20H,8H2,1H3. The Labute approximate surface area is 130 Å². The summed E-state index contributed by atoms with van der Waals surface area (Å²) >= 11 is 8.83. The van der Waals surface area contributed by atoms with Gasteiger partial charge < -0.3 is 5.32 Å². The van der Waals surface area contributed by atoms with Crippen LogP contribution in [0.4, 0.5) is 8.78 Å². The Morgan fingerprint density at radius 3 is 2.65 bits per heavy atom. The lowest BCUT2D eigenvalue weighted by Gasteiger charge is -2.18. The molecule has 0 bridgehead atoms. The highest BCUT2D eigenvalue weighted by atomic mass is 79.9. The monoisotopic (exact) mass is 359 g/mol. The molecule has 1 nitrogen and oxygen atoms in total. The number of hydrogen-bond donors (Lipinski definition) is 1. The summed E-state index contributed by atoms with van der Waals surface area (Å²) in [7, 11) is 1.75. The normalized spacial score (nSPS) is 12.4. The van der Waals surface area contributed by atoms with Crippen LogP contribution in [0.15, 0.2) is 40.9 Å². The van der Waals surface area contributed by atoms with E-state index in [1.165, 1.54) is 12.1 Å². The molecule has 0 aromatic heterocycles. The average molecular weight is 361 g/mol. The highest BCUT2D eigenvalue weighted by Gasteiger charge is 2.16. The molecular formula is C15H13BrClF2N. The molecule has 0 spiro atoms. The van der Waals surface area contributed by atoms with Gasteiger partial charge in [-0.05, 0) is 53.2 Å². The van der Waals surface area contributed by atoms with Crippen molar-refractivity contribution < 1.29 is 8.78 Å². The smallest absolute Gasteiger partial charge is 0.142 e. The summed E-state index contributed by atoms with van der Waals surface area (Å²) in [6, 6.07) is 9.52. The lowest BCUT2D eigenvalue weighted by Crippen LogP contribution is -2.20. The molecule has 106 valence electrons. The molecule has 0 heterocycles. The maximum atomic E-state index is 14.1. The second kappa shape index (κ2) is 6.66. The molecule has 1 N–H and O–H groups in total. The van der Waals surface area contributed by atoms with E-state index in [9.17, 15) is 8.78 Å². The van der Waals surface area contributed by atoms with Gasteiger partial charge in [-0.3, -0.25) is 0 Å². The SMILES string of the molecule is CNC(Cc1ccc(Cl)c(F)c1)c1cccc(Br)c1F. The Kier molecular flexibility index (Phi) is 5.13. The largest absolute Gasteiger partial charge is 0.313 e. The van der Waals surface area contributed by atoms with Crippen LogP contribution in [0.1, 0.15) is 17.2 Å². The fraction of sp³-hybridized carbons (Fsp3) is 0.200. The Hall–Kier alpha value is -0.970. The van der Waals surface area contributed by atoms with Crippen molar-refractivity contribution in [1.29, 1.82) is 0 Å². The van der Waals surface area contributed by atoms with Crippen LogP contribution in [0.3, 0.4) is 0 Å². The summed E-state index contributed by atoms with van der Waals surface area (Å²) in [6.07, 6.45) is 0.470. The third kappa shape index (κ3) is 3.37. The van der Waals surface area contributed by atoms with E-state index in [0.29, 0.717) is 16.5 Å². The summed E-state index contributed by atoms with van der Waals surface area (Å²) in [5.74, 6) is -0.769. The molecule has 0 saturated carbocycles. The minimum absolute atomic E-state index is 0.0865. The number of rotatable bonds is 4. The number of nitrogens with one attached hydrogen (secondary N) is 1. The van der Waals surface area contributed by atoms with E-state index in [1.807, 2.05) is 0 Å². The predicted molar refractivity (Wildman–Crippen MR) is 81.0 cm³/mol. The van der Waals surface area contributed by atoms with Crippen LogP contribution in [-0.2, 0) is 6.42 Å². The van der Waals surface area contributed by atoms with Gasteiger partial charge in [-0.1, -0.05) is 29.8 Å². The molecule has 0 radical (unpaired) electrons. The summed E-state index contributed by atoms with van der Waals surface area (Å²) in [6.45, 7) is 0. The Morgan fingerprint density at radius 1 is 1.25 bits per heavy atom. The molecule has 0 saturated heterocycles. The van der Waals surface area contributed by atoms with Crippen LogP contribution >= 0.6 is 27.5 Å². The van der Waals surface area contributed by atoms with Crippen molar-refractivity contribution in [3.05, 3.63) is 68.7 Å². The van der Waals surface area contributed by atoms with Crippen LogP contribution in [0.2, 0.25) is 5.02 Å². The number of halogens is 4. The zero-order chi connectivity index (χ0) is 14.7. The number of likely N-dealkylation sites (N-methyl/N-ethyl adjacent to an activating group) is 1. The minimum Gasteiger partial charge on any atom is -0.313 e. The van der Waals surface area contributed by atoms with Gasteiger partial charge in [0, 0.05) is 11.6 Å². The van der Waals surface area contributed by atoms with Gasteiger partial charge in [-0.25, -0.2) is 8.78 Å². The molecule has 2 aromatic rings. The molecule has 0 amide bonds. The Bertz CT molecular complexity index is 619. The van der Waals surface area contributed by atoms with Gasteiger partial charge >= 0.3 is 0 Å². The molecule has 20 heavy (non-hydrogen) atoms. The molecule has 1 unspecified atom stereocenters. The lowest BCUT2D eigenvalue weighted by atomic mass is 9.98. The third-order valence-electron chi connectivity index (χ3n) is 3.13. The zero-order valence-electron chi connectivity index (χ0n) is 10.8. The first-order valence-electron chi connectivity index (χ1n) is 6.08. The van der Waals surface area contributed by atoms with Crippen molar-refractivity contribution in [3.63, 3.8) is 0 Å². The molecule has 5 heteroatoms. The molecule has 2 aromatic carbocycles. The molecule has 0 aliphatic heterocycles.